The molecule has 1 aromatic rings. The maximum absolute atomic E-state index is 12.8. The van der Waals surface area contributed by atoms with Crippen molar-refractivity contribution in [3.63, 3.8) is 0 Å². The normalized spacial score (nSPS) is 26.6. The number of hydrogen-bond acceptors (Lipinski definition) is 3. The third-order valence-electron chi connectivity index (χ3n) is 6.45. The second kappa shape index (κ2) is 8.08. The van der Waals surface area contributed by atoms with Crippen LogP contribution in [-0.2, 0) is 9.59 Å². The molecule has 1 aliphatic heterocycles. The van der Waals surface area contributed by atoms with Crippen LogP contribution in [-0.4, -0.2) is 47.1 Å². The van der Waals surface area contributed by atoms with Crippen molar-refractivity contribution >= 4 is 17.4 Å². The fourth-order valence-corrected chi connectivity index (χ4v) is 4.68. The molecule has 1 heterocycles. The van der Waals surface area contributed by atoms with Gasteiger partial charge in [-0.25, -0.2) is 0 Å². The summed E-state index contributed by atoms with van der Waals surface area (Å²) in [6, 6.07) is 8.30. The predicted molar refractivity (Wildman–Crippen MR) is 109 cm³/mol. The lowest BCUT2D eigenvalue weighted by Gasteiger charge is -2.55. The zero-order valence-electron chi connectivity index (χ0n) is 16.6. The summed E-state index contributed by atoms with van der Waals surface area (Å²) in [5.41, 5.74) is 3.82. The molecule has 5 heteroatoms. The molecule has 2 fully saturated rings. The summed E-state index contributed by atoms with van der Waals surface area (Å²) >= 11 is 0. The van der Waals surface area contributed by atoms with Crippen LogP contribution in [0.25, 0.3) is 5.57 Å². The minimum Gasteiger partial charge on any atom is -0.394 e. The minimum atomic E-state index is -0.201. The third kappa shape index (κ3) is 3.60. The molecule has 0 bridgehead atoms. The van der Waals surface area contributed by atoms with Crippen molar-refractivity contribution in [3.05, 3.63) is 41.5 Å². The summed E-state index contributed by atoms with van der Waals surface area (Å²) in [4.78, 5) is 26.4. The lowest BCUT2D eigenvalue weighted by Crippen LogP contribution is -2.68. The van der Waals surface area contributed by atoms with E-state index < -0.39 is 0 Å². The highest BCUT2D eigenvalue weighted by molar-refractivity contribution is 5.83. The quantitative estimate of drug-likeness (QED) is 0.762. The van der Waals surface area contributed by atoms with Gasteiger partial charge in [0.25, 0.3) is 0 Å². The third-order valence-corrected chi connectivity index (χ3v) is 6.45. The number of benzene rings is 1. The number of nitrogens with zero attached hydrogens (tertiary/aromatic N) is 1. The Bertz CT molecular complexity index is 767. The zero-order chi connectivity index (χ0) is 19.7. The first-order chi connectivity index (χ1) is 13.6. The Hall–Kier alpha value is -2.14. The highest BCUT2D eigenvalue weighted by Gasteiger charge is 2.53. The second-order valence-corrected chi connectivity index (χ2v) is 8.26. The largest absolute Gasteiger partial charge is 0.394 e. The number of aliphatic hydroxyl groups is 1. The molecule has 2 amide bonds. The van der Waals surface area contributed by atoms with Gasteiger partial charge < -0.3 is 15.3 Å². The number of nitrogens with one attached hydrogen (secondary N) is 1. The van der Waals surface area contributed by atoms with Crippen LogP contribution >= 0.6 is 0 Å². The highest BCUT2D eigenvalue weighted by Crippen LogP contribution is 2.44. The van der Waals surface area contributed by atoms with Gasteiger partial charge in [-0.2, -0.15) is 0 Å². The number of allylic oxidation sites excluding steroid dienone is 2. The molecule has 0 unspecified atom stereocenters. The maximum Gasteiger partial charge on any atom is 0.226 e. The van der Waals surface area contributed by atoms with Gasteiger partial charge in [-0.3, -0.25) is 9.59 Å². The summed E-state index contributed by atoms with van der Waals surface area (Å²) in [5, 5.41) is 13.0. The van der Waals surface area contributed by atoms with Crippen LogP contribution in [0.3, 0.4) is 0 Å². The lowest BCUT2D eigenvalue weighted by atomic mass is 9.74. The lowest BCUT2D eigenvalue weighted by molar-refractivity contribution is -0.152. The van der Waals surface area contributed by atoms with Crippen LogP contribution in [0.4, 0.5) is 0 Å². The van der Waals surface area contributed by atoms with E-state index >= 15 is 0 Å². The van der Waals surface area contributed by atoms with Gasteiger partial charge >= 0.3 is 0 Å². The van der Waals surface area contributed by atoms with Gasteiger partial charge in [-0.1, -0.05) is 37.3 Å². The number of aliphatic hydroxyl groups excluding tert-OH is 1. The fourth-order valence-electron chi connectivity index (χ4n) is 4.68. The Balaban J connectivity index is 1.55. The monoisotopic (exact) mass is 382 g/mol. The topological polar surface area (TPSA) is 69.6 Å². The van der Waals surface area contributed by atoms with Gasteiger partial charge in [0, 0.05) is 24.8 Å². The van der Waals surface area contributed by atoms with Gasteiger partial charge in [0.1, 0.15) is 0 Å². The second-order valence-electron chi connectivity index (χ2n) is 8.26. The van der Waals surface area contributed by atoms with E-state index in [2.05, 4.69) is 35.7 Å². The Morgan fingerprint density at radius 1 is 1.18 bits per heavy atom. The number of hydrogen-bond donors (Lipinski definition) is 2. The first kappa shape index (κ1) is 19.2. The molecule has 3 atom stereocenters. The molecule has 1 saturated carbocycles. The number of carbonyl (C=O) groups is 2. The van der Waals surface area contributed by atoms with E-state index in [9.17, 15) is 14.7 Å². The molecule has 1 aromatic carbocycles. The number of rotatable bonds is 7. The van der Waals surface area contributed by atoms with Crippen molar-refractivity contribution in [1.82, 2.24) is 10.2 Å². The van der Waals surface area contributed by atoms with Crippen molar-refractivity contribution in [1.29, 1.82) is 0 Å². The Morgan fingerprint density at radius 2 is 1.93 bits per heavy atom. The molecule has 1 saturated heterocycles. The Morgan fingerprint density at radius 3 is 2.50 bits per heavy atom. The van der Waals surface area contributed by atoms with Crippen molar-refractivity contribution in [3.8, 4) is 0 Å². The zero-order valence-corrected chi connectivity index (χ0v) is 16.6. The standard InChI is InChI=1S/C23H30N2O3/c1-2-21(27)24-13-19-22(20(14-26)25(19)23(28)18-11-12-18)17-9-7-16(8-10-17)15-5-3-4-6-15/h5,7-10,18-20,22,26H,2-4,6,11-14H2,1H3,(H,24,27)/t19-,20-,22-/m0/s1. The Kier molecular flexibility index (Phi) is 5.54. The molecule has 0 radical (unpaired) electrons. The predicted octanol–water partition coefficient (Wildman–Crippen LogP) is 2.85. The molecule has 2 N–H and O–H groups in total. The van der Waals surface area contributed by atoms with Gasteiger partial charge in [-0.05, 0) is 48.8 Å². The molecule has 2 aliphatic carbocycles. The molecular formula is C23H30N2O3. The summed E-state index contributed by atoms with van der Waals surface area (Å²) < 4.78 is 0. The van der Waals surface area contributed by atoms with E-state index in [-0.39, 0.29) is 42.3 Å². The maximum atomic E-state index is 12.8. The van der Waals surface area contributed by atoms with Crippen LogP contribution in [0.1, 0.15) is 62.5 Å². The molecule has 28 heavy (non-hydrogen) atoms. The van der Waals surface area contributed by atoms with Crippen LogP contribution in [0.15, 0.2) is 30.3 Å². The molecular weight excluding hydrogens is 352 g/mol. The van der Waals surface area contributed by atoms with E-state index in [1.807, 2.05) is 11.8 Å². The van der Waals surface area contributed by atoms with Gasteiger partial charge in [0.05, 0.1) is 18.7 Å². The van der Waals surface area contributed by atoms with Gasteiger partial charge in [-0.15, -0.1) is 0 Å². The average Bonchev–Trinajstić information content (AvgIpc) is 3.42. The first-order valence-electron chi connectivity index (χ1n) is 10.6. The van der Waals surface area contributed by atoms with Crippen LogP contribution in [0.5, 0.6) is 0 Å². The molecule has 5 nitrogen and oxygen atoms in total. The molecule has 0 aromatic heterocycles. The highest BCUT2D eigenvalue weighted by atomic mass is 16.3. The van der Waals surface area contributed by atoms with Crippen molar-refractivity contribution in [2.24, 2.45) is 5.92 Å². The average molecular weight is 383 g/mol. The molecule has 150 valence electrons. The van der Waals surface area contributed by atoms with Crippen LogP contribution in [0, 0.1) is 5.92 Å². The van der Waals surface area contributed by atoms with E-state index in [1.54, 1.807) is 0 Å². The van der Waals surface area contributed by atoms with Crippen molar-refractivity contribution < 1.29 is 14.7 Å². The van der Waals surface area contributed by atoms with E-state index in [4.69, 9.17) is 0 Å². The summed E-state index contributed by atoms with van der Waals surface area (Å²) in [5.74, 6) is 0.292. The number of likely N-dealkylation sites (tertiary alicyclic amines) is 1. The molecule has 0 spiro atoms. The summed E-state index contributed by atoms with van der Waals surface area (Å²) in [6.07, 6.45) is 8.14. The van der Waals surface area contributed by atoms with E-state index in [0.717, 1.165) is 31.2 Å². The van der Waals surface area contributed by atoms with Crippen molar-refractivity contribution in [2.45, 2.75) is 63.5 Å². The van der Waals surface area contributed by atoms with Crippen molar-refractivity contribution in [2.75, 3.05) is 13.2 Å². The number of amides is 2. The van der Waals surface area contributed by atoms with E-state index in [1.165, 1.54) is 17.6 Å². The summed E-state index contributed by atoms with van der Waals surface area (Å²) in [7, 11) is 0. The van der Waals surface area contributed by atoms with Gasteiger partial charge in [0.2, 0.25) is 11.8 Å². The fraction of sp³-hybridized carbons (Fsp3) is 0.565. The molecule has 3 aliphatic rings. The van der Waals surface area contributed by atoms with Crippen LogP contribution in [0.2, 0.25) is 0 Å². The summed E-state index contributed by atoms with van der Waals surface area (Å²) in [6.45, 7) is 2.22. The Labute approximate surface area is 166 Å². The number of carbonyl (C=O) groups excluding carboxylic acids is 2. The SMILES string of the molecule is CCC(=O)NC[C@H]1[C@H](c2ccc(C3=CCCC3)cc2)[C@H](CO)N1C(=O)C1CC1. The molecule has 4 rings (SSSR count). The smallest absolute Gasteiger partial charge is 0.226 e. The minimum absolute atomic E-state index is 0.00598. The van der Waals surface area contributed by atoms with Gasteiger partial charge in [0.15, 0.2) is 0 Å². The first-order valence-corrected chi connectivity index (χ1v) is 10.6. The van der Waals surface area contributed by atoms with E-state index in [0.29, 0.717) is 13.0 Å². The van der Waals surface area contributed by atoms with Crippen LogP contribution < -0.4 is 5.32 Å².